The Labute approximate surface area is 203 Å². The molecule has 34 heavy (non-hydrogen) atoms. The highest BCUT2D eigenvalue weighted by Crippen LogP contribution is 2.38. The predicted octanol–water partition coefficient (Wildman–Crippen LogP) is 2.79. The summed E-state index contributed by atoms with van der Waals surface area (Å²) >= 11 is 5.08. The van der Waals surface area contributed by atoms with Gasteiger partial charge < -0.3 is 19.5 Å². The summed E-state index contributed by atoms with van der Waals surface area (Å²) in [5, 5.41) is 5.11. The van der Waals surface area contributed by atoms with Crippen molar-refractivity contribution in [3.8, 4) is 17.2 Å². The van der Waals surface area contributed by atoms with Crippen LogP contribution in [0, 0.1) is 0 Å². The van der Waals surface area contributed by atoms with E-state index in [9.17, 15) is 14.4 Å². The first-order valence-corrected chi connectivity index (χ1v) is 10.8. The molecule has 182 valence electrons. The van der Waals surface area contributed by atoms with E-state index in [-0.39, 0.29) is 16.6 Å². The van der Waals surface area contributed by atoms with E-state index >= 15 is 0 Å². The van der Waals surface area contributed by atoms with Crippen molar-refractivity contribution in [2.45, 2.75) is 26.2 Å². The molecule has 3 amide bonds. The molecule has 2 aromatic rings. The summed E-state index contributed by atoms with van der Waals surface area (Å²) in [4.78, 5) is 36.7. The highest BCUT2D eigenvalue weighted by Gasteiger charge is 2.18. The lowest BCUT2D eigenvalue weighted by Crippen LogP contribution is -2.48. The molecule has 0 bridgehead atoms. The van der Waals surface area contributed by atoms with Gasteiger partial charge in [0.05, 0.1) is 21.3 Å². The third-order valence-electron chi connectivity index (χ3n) is 4.63. The summed E-state index contributed by atoms with van der Waals surface area (Å²) in [6, 6.07) is 9.32. The topological polar surface area (TPSA) is 127 Å². The number of nitrogens with one attached hydrogen (secondary N) is 4. The Morgan fingerprint density at radius 3 is 2.00 bits per heavy atom. The Bertz CT molecular complexity index is 1020. The molecular formula is C23H28N4O6S. The molecule has 2 rings (SSSR count). The van der Waals surface area contributed by atoms with Crippen molar-refractivity contribution in [2.75, 3.05) is 26.6 Å². The maximum Gasteiger partial charge on any atom is 0.269 e. The zero-order valence-corrected chi connectivity index (χ0v) is 20.3. The van der Waals surface area contributed by atoms with Crippen LogP contribution in [-0.4, -0.2) is 44.2 Å². The number of ether oxygens (including phenoxy) is 3. The minimum Gasteiger partial charge on any atom is -0.493 e. The van der Waals surface area contributed by atoms with Crippen LogP contribution in [0.25, 0.3) is 0 Å². The fourth-order valence-corrected chi connectivity index (χ4v) is 3.01. The van der Waals surface area contributed by atoms with Gasteiger partial charge in [-0.25, -0.2) is 0 Å². The number of benzene rings is 2. The quantitative estimate of drug-likeness (QED) is 0.314. The zero-order valence-electron chi connectivity index (χ0n) is 19.4. The Kier molecular flexibility index (Phi) is 10.1. The van der Waals surface area contributed by atoms with Crippen molar-refractivity contribution in [2.24, 2.45) is 0 Å². The Morgan fingerprint density at radius 2 is 1.47 bits per heavy atom. The number of anilines is 1. The lowest BCUT2D eigenvalue weighted by atomic mass is 10.1. The van der Waals surface area contributed by atoms with E-state index in [1.165, 1.54) is 33.5 Å². The molecule has 0 fully saturated rings. The van der Waals surface area contributed by atoms with Crippen LogP contribution in [0.2, 0.25) is 0 Å². The first kappa shape index (κ1) is 26.4. The first-order chi connectivity index (χ1) is 16.3. The van der Waals surface area contributed by atoms with Gasteiger partial charge in [-0.2, -0.15) is 0 Å². The van der Waals surface area contributed by atoms with Crippen LogP contribution in [-0.2, 0) is 4.79 Å². The molecule has 0 atom stereocenters. The van der Waals surface area contributed by atoms with Crippen LogP contribution >= 0.6 is 12.2 Å². The van der Waals surface area contributed by atoms with Crippen molar-refractivity contribution < 1.29 is 28.6 Å². The van der Waals surface area contributed by atoms with Crippen LogP contribution in [0.3, 0.4) is 0 Å². The summed E-state index contributed by atoms with van der Waals surface area (Å²) in [6.45, 7) is 2.01. The number of methoxy groups -OCH3 is 3. The smallest absolute Gasteiger partial charge is 0.269 e. The fourth-order valence-electron chi connectivity index (χ4n) is 2.87. The molecule has 0 heterocycles. The fraction of sp³-hybridized carbons (Fsp3) is 0.304. The van der Waals surface area contributed by atoms with Crippen LogP contribution in [0.4, 0.5) is 5.69 Å². The summed E-state index contributed by atoms with van der Waals surface area (Å²) < 4.78 is 15.7. The average Bonchev–Trinajstić information content (AvgIpc) is 2.85. The molecule has 0 spiro atoms. The van der Waals surface area contributed by atoms with Gasteiger partial charge in [-0.05, 0) is 55.0 Å². The monoisotopic (exact) mass is 488 g/mol. The Balaban J connectivity index is 1.92. The van der Waals surface area contributed by atoms with Crippen molar-refractivity contribution >= 4 is 40.7 Å². The van der Waals surface area contributed by atoms with Crippen molar-refractivity contribution in [3.05, 3.63) is 47.5 Å². The summed E-state index contributed by atoms with van der Waals surface area (Å²) in [5.74, 6) is -0.134. The summed E-state index contributed by atoms with van der Waals surface area (Å²) in [7, 11) is 4.33. The molecule has 0 aliphatic carbocycles. The van der Waals surface area contributed by atoms with Gasteiger partial charge in [0, 0.05) is 23.2 Å². The third kappa shape index (κ3) is 7.34. The van der Waals surface area contributed by atoms with Gasteiger partial charge in [0.15, 0.2) is 16.6 Å². The molecule has 11 heteroatoms. The molecule has 0 aromatic heterocycles. The van der Waals surface area contributed by atoms with Gasteiger partial charge in [0.1, 0.15) is 0 Å². The normalized spacial score (nSPS) is 10.0. The van der Waals surface area contributed by atoms with Crippen LogP contribution in [0.5, 0.6) is 17.2 Å². The molecule has 2 aromatic carbocycles. The van der Waals surface area contributed by atoms with Crippen molar-refractivity contribution in [3.63, 3.8) is 0 Å². The number of rotatable bonds is 9. The molecule has 0 radical (unpaired) electrons. The lowest BCUT2D eigenvalue weighted by Gasteiger charge is -2.15. The predicted molar refractivity (Wildman–Crippen MR) is 131 cm³/mol. The molecule has 0 aliphatic rings. The standard InChI is InChI=1S/C23H28N4O6S/c1-5-6-7-19(28)24-16-10-8-14(9-11-16)22(30)26-27-23(34)25-21(29)15-12-17(31-2)20(33-4)18(13-15)32-3/h8-13H,5-7H2,1-4H3,(H,24,28)(H,26,30)(H2,25,27,29,34). The van der Waals surface area contributed by atoms with Crippen molar-refractivity contribution in [1.29, 1.82) is 0 Å². The summed E-state index contributed by atoms with van der Waals surface area (Å²) in [5.41, 5.74) is 6.02. The van der Waals surface area contributed by atoms with Crippen molar-refractivity contribution in [1.82, 2.24) is 16.2 Å². The van der Waals surface area contributed by atoms with E-state index < -0.39 is 11.8 Å². The average molecular weight is 489 g/mol. The lowest BCUT2D eigenvalue weighted by molar-refractivity contribution is -0.116. The molecule has 10 nitrogen and oxygen atoms in total. The minimum absolute atomic E-state index is 0.0751. The number of thiocarbonyl (C=S) groups is 1. The van der Waals surface area contributed by atoms with E-state index in [1.54, 1.807) is 24.3 Å². The van der Waals surface area contributed by atoms with E-state index in [0.29, 0.717) is 34.9 Å². The highest BCUT2D eigenvalue weighted by molar-refractivity contribution is 7.80. The number of hydrogen-bond acceptors (Lipinski definition) is 7. The molecule has 0 aliphatic heterocycles. The Morgan fingerprint density at radius 1 is 0.853 bits per heavy atom. The largest absolute Gasteiger partial charge is 0.493 e. The molecule has 0 unspecified atom stereocenters. The van der Waals surface area contributed by atoms with Crippen LogP contribution in [0.15, 0.2) is 36.4 Å². The van der Waals surface area contributed by atoms with E-state index in [2.05, 4.69) is 21.5 Å². The zero-order chi connectivity index (χ0) is 25.1. The maximum atomic E-state index is 12.6. The minimum atomic E-state index is -0.547. The summed E-state index contributed by atoms with van der Waals surface area (Å²) in [6.07, 6.45) is 2.19. The second-order valence-corrected chi connectivity index (χ2v) is 7.41. The number of carbonyl (C=O) groups is 3. The maximum absolute atomic E-state index is 12.6. The second kappa shape index (κ2) is 13.0. The number of hydrogen-bond donors (Lipinski definition) is 4. The molecule has 4 N–H and O–H groups in total. The first-order valence-electron chi connectivity index (χ1n) is 10.4. The number of carbonyl (C=O) groups excluding carboxylic acids is 3. The van der Waals surface area contributed by atoms with Gasteiger partial charge >= 0.3 is 0 Å². The second-order valence-electron chi connectivity index (χ2n) is 7.01. The number of hydrazine groups is 1. The molecular weight excluding hydrogens is 460 g/mol. The SMILES string of the molecule is CCCCC(=O)Nc1ccc(C(=O)NNC(=S)NC(=O)c2cc(OC)c(OC)c(OC)c2)cc1. The number of unbranched alkanes of at least 4 members (excludes halogenated alkanes) is 1. The third-order valence-corrected chi connectivity index (χ3v) is 4.84. The number of amides is 3. The molecule has 0 saturated carbocycles. The van der Waals surface area contributed by atoms with Gasteiger partial charge in [0.2, 0.25) is 11.7 Å². The highest BCUT2D eigenvalue weighted by atomic mass is 32.1. The Hall–Kier alpha value is -3.86. The molecule has 0 saturated heterocycles. The van der Waals surface area contributed by atoms with Gasteiger partial charge in [0.25, 0.3) is 11.8 Å². The van der Waals surface area contributed by atoms with Gasteiger partial charge in [-0.3, -0.25) is 30.6 Å². The van der Waals surface area contributed by atoms with Crippen LogP contribution in [0.1, 0.15) is 46.9 Å². The van der Waals surface area contributed by atoms with E-state index in [1.807, 2.05) is 6.92 Å². The van der Waals surface area contributed by atoms with Crippen LogP contribution < -0.4 is 35.7 Å². The van der Waals surface area contributed by atoms with Gasteiger partial charge in [-0.15, -0.1) is 0 Å². The van der Waals surface area contributed by atoms with Gasteiger partial charge in [-0.1, -0.05) is 13.3 Å². The van der Waals surface area contributed by atoms with E-state index in [0.717, 1.165) is 12.8 Å². The van der Waals surface area contributed by atoms with E-state index in [4.69, 9.17) is 26.4 Å².